The number of hydrogen-bond acceptors (Lipinski definition) is 2. The molecule has 1 atom stereocenters. The zero-order valence-corrected chi connectivity index (χ0v) is 14.1. The Kier molecular flexibility index (Phi) is 14.5. The van der Waals surface area contributed by atoms with Crippen molar-refractivity contribution in [2.24, 2.45) is 0 Å². The summed E-state index contributed by atoms with van der Waals surface area (Å²) in [6.45, 7) is 6.48. The minimum absolute atomic E-state index is 0.00763. The van der Waals surface area contributed by atoms with Crippen molar-refractivity contribution in [3.05, 3.63) is 0 Å². The van der Waals surface area contributed by atoms with E-state index in [9.17, 15) is 4.79 Å². The number of hydrogen-bond donors (Lipinski definition) is 0. The normalized spacial score (nSPS) is 12.3. The molecular weight excluding hydrogens is 248 g/mol. The molecule has 0 radical (unpaired) electrons. The Morgan fingerprint density at radius 3 is 1.85 bits per heavy atom. The third kappa shape index (κ3) is 12.5. The van der Waals surface area contributed by atoms with Gasteiger partial charge < -0.3 is 4.74 Å². The zero-order chi connectivity index (χ0) is 15.1. The van der Waals surface area contributed by atoms with E-state index in [0.29, 0.717) is 6.42 Å². The molecule has 0 spiro atoms. The van der Waals surface area contributed by atoms with E-state index in [1.165, 1.54) is 51.4 Å². The highest BCUT2D eigenvalue weighted by molar-refractivity contribution is 5.69. The van der Waals surface area contributed by atoms with E-state index in [2.05, 4.69) is 20.8 Å². The van der Waals surface area contributed by atoms with Crippen LogP contribution in [-0.2, 0) is 9.53 Å². The van der Waals surface area contributed by atoms with E-state index in [0.717, 1.165) is 25.7 Å². The maximum Gasteiger partial charge on any atom is 0.306 e. The van der Waals surface area contributed by atoms with Crippen LogP contribution in [0.4, 0.5) is 0 Å². The van der Waals surface area contributed by atoms with E-state index in [-0.39, 0.29) is 12.1 Å². The van der Waals surface area contributed by atoms with Gasteiger partial charge in [-0.1, -0.05) is 78.6 Å². The minimum atomic E-state index is 0.00763. The first-order chi connectivity index (χ1) is 9.74. The van der Waals surface area contributed by atoms with Gasteiger partial charge in [0.05, 0.1) is 0 Å². The van der Waals surface area contributed by atoms with Crippen LogP contribution in [-0.4, -0.2) is 12.1 Å². The van der Waals surface area contributed by atoms with Crippen LogP contribution in [0.5, 0.6) is 0 Å². The summed E-state index contributed by atoms with van der Waals surface area (Å²) in [6.07, 6.45) is 15.4. The fraction of sp³-hybridized carbons (Fsp3) is 0.944. The summed E-state index contributed by atoms with van der Waals surface area (Å²) in [4.78, 5) is 11.7. The predicted molar refractivity (Wildman–Crippen MR) is 86.9 cm³/mol. The molecule has 0 N–H and O–H groups in total. The SMILES string of the molecule is CCCCCCCCCCCC(=O)OC(CC)CCC. The molecule has 0 saturated heterocycles. The molecule has 120 valence electrons. The first kappa shape index (κ1) is 19.5. The molecule has 0 fully saturated rings. The third-order valence-electron chi connectivity index (χ3n) is 3.85. The lowest BCUT2D eigenvalue weighted by atomic mass is 10.1. The lowest BCUT2D eigenvalue weighted by Crippen LogP contribution is -2.16. The smallest absolute Gasteiger partial charge is 0.306 e. The van der Waals surface area contributed by atoms with Crippen molar-refractivity contribution in [1.29, 1.82) is 0 Å². The van der Waals surface area contributed by atoms with Gasteiger partial charge in [-0.05, 0) is 19.3 Å². The number of carbonyl (C=O) groups is 1. The monoisotopic (exact) mass is 284 g/mol. The molecule has 0 aromatic carbocycles. The highest BCUT2D eigenvalue weighted by atomic mass is 16.5. The highest BCUT2D eigenvalue weighted by Crippen LogP contribution is 2.12. The van der Waals surface area contributed by atoms with Crippen LogP contribution >= 0.6 is 0 Å². The molecule has 2 heteroatoms. The topological polar surface area (TPSA) is 26.3 Å². The van der Waals surface area contributed by atoms with Crippen molar-refractivity contribution in [3.8, 4) is 0 Å². The zero-order valence-electron chi connectivity index (χ0n) is 14.1. The Bertz CT molecular complexity index is 213. The summed E-state index contributed by atoms with van der Waals surface area (Å²) in [7, 11) is 0. The number of ether oxygens (including phenoxy) is 1. The van der Waals surface area contributed by atoms with Crippen LogP contribution in [0.2, 0.25) is 0 Å². The van der Waals surface area contributed by atoms with Crippen LogP contribution in [0.3, 0.4) is 0 Å². The van der Waals surface area contributed by atoms with Gasteiger partial charge in [-0.3, -0.25) is 4.79 Å². The van der Waals surface area contributed by atoms with Gasteiger partial charge in [0.2, 0.25) is 0 Å². The van der Waals surface area contributed by atoms with Gasteiger partial charge in [-0.15, -0.1) is 0 Å². The van der Waals surface area contributed by atoms with Crippen molar-refractivity contribution < 1.29 is 9.53 Å². The van der Waals surface area contributed by atoms with E-state index in [1.54, 1.807) is 0 Å². The maximum absolute atomic E-state index is 11.7. The molecule has 0 aromatic rings. The molecule has 0 aliphatic heterocycles. The van der Waals surface area contributed by atoms with Crippen molar-refractivity contribution >= 4 is 5.97 Å². The quantitative estimate of drug-likeness (QED) is 0.287. The van der Waals surface area contributed by atoms with Crippen LogP contribution in [0.15, 0.2) is 0 Å². The molecule has 0 rings (SSSR count). The van der Waals surface area contributed by atoms with Gasteiger partial charge in [0.1, 0.15) is 6.10 Å². The predicted octanol–water partition coefficient (Wildman–Crippen LogP) is 6.03. The minimum Gasteiger partial charge on any atom is -0.462 e. The van der Waals surface area contributed by atoms with Crippen LogP contribution in [0, 0.1) is 0 Å². The van der Waals surface area contributed by atoms with Crippen molar-refractivity contribution in [3.63, 3.8) is 0 Å². The summed E-state index contributed by atoms with van der Waals surface area (Å²) >= 11 is 0. The number of unbranched alkanes of at least 4 members (excludes halogenated alkanes) is 8. The van der Waals surface area contributed by atoms with Gasteiger partial charge in [-0.25, -0.2) is 0 Å². The standard InChI is InChI=1S/C18H36O2/c1-4-7-8-9-10-11-12-13-14-16-18(19)20-17(6-3)15-5-2/h17H,4-16H2,1-3H3. The fourth-order valence-corrected chi connectivity index (χ4v) is 2.49. The van der Waals surface area contributed by atoms with Crippen LogP contribution in [0.25, 0.3) is 0 Å². The van der Waals surface area contributed by atoms with E-state index < -0.39 is 0 Å². The second kappa shape index (κ2) is 14.9. The lowest BCUT2D eigenvalue weighted by Gasteiger charge is -2.15. The van der Waals surface area contributed by atoms with Crippen LogP contribution in [0.1, 0.15) is 104 Å². The summed E-state index contributed by atoms with van der Waals surface area (Å²) < 4.78 is 5.47. The van der Waals surface area contributed by atoms with Gasteiger partial charge >= 0.3 is 5.97 Å². The van der Waals surface area contributed by atoms with Gasteiger partial charge in [0.25, 0.3) is 0 Å². The Hall–Kier alpha value is -0.530. The number of carbonyl (C=O) groups excluding carboxylic acids is 1. The molecule has 20 heavy (non-hydrogen) atoms. The number of rotatable bonds is 14. The molecule has 2 nitrogen and oxygen atoms in total. The Morgan fingerprint density at radius 1 is 0.800 bits per heavy atom. The summed E-state index contributed by atoms with van der Waals surface area (Å²) in [6, 6.07) is 0. The molecule has 0 saturated carbocycles. The van der Waals surface area contributed by atoms with Gasteiger partial charge in [-0.2, -0.15) is 0 Å². The maximum atomic E-state index is 11.7. The molecule has 0 aromatic heterocycles. The van der Waals surface area contributed by atoms with Crippen molar-refractivity contribution in [2.45, 2.75) is 110 Å². The fourth-order valence-electron chi connectivity index (χ4n) is 2.49. The van der Waals surface area contributed by atoms with Gasteiger partial charge in [0.15, 0.2) is 0 Å². The first-order valence-electron chi connectivity index (χ1n) is 8.94. The lowest BCUT2D eigenvalue weighted by molar-refractivity contribution is -0.149. The second-order valence-electron chi connectivity index (χ2n) is 5.89. The summed E-state index contributed by atoms with van der Waals surface area (Å²) in [5.41, 5.74) is 0. The number of esters is 1. The average Bonchev–Trinajstić information content (AvgIpc) is 2.45. The van der Waals surface area contributed by atoms with E-state index in [4.69, 9.17) is 4.74 Å². The average molecular weight is 284 g/mol. The molecule has 0 aliphatic carbocycles. The van der Waals surface area contributed by atoms with Crippen LogP contribution < -0.4 is 0 Å². The first-order valence-corrected chi connectivity index (χ1v) is 8.94. The summed E-state index contributed by atoms with van der Waals surface area (Å²) in [5.74, 6) is 0.00763. The Balaban J connectivity index is 3.34. The molecule has 0 amide bonds. The molecular formula is C18H36O2. The van der Waals surface area contributed by atoms with E-state index >= 15 is 0 Å². The Morgan fingerprint density at radius 2 is 1.35 bits per heavy atom. The largest absolute Gasteiger partial charge is 0.462 e. The second-order valence-corrected chi connectivity index (χ2v) is 5.89. The third-order valence-corrected chi connectivity index (χ3v) is 3.85. The van der Waals surface area contributed by atoms with Gasteiger partial charge in [0, 0.05) is 6.42 Å². The Labute approximate surface area is 126 Å². The molecule has 0 bridgehead atoms. The highest BCUT2D eigenvalue weighted by Gasteiger charge is 2.10. The molecule has 0 aliphatic rings. The van der Waals surface area contributed by atoms with Crippen molar-refractivity contribution in [1.82, 2.24) is 0 Å². The van der Waals surface area contributed by atoms with Crippen molar-refractivity contribution in [2.75, 3.05) is 0 Å². The molecule has 0 heterocycles. The van der Waals surface area contributed by atoms with E-state index in [1.807, 2.05) is 0 Å². The summed E-state index contributed by atoms with van der Waals surface area (Å²) in [5, 5.41) is 0. The molecule has 1 unspecified atom stereocenters.